The first-order valence-corrected chi connectivity index (χ1v) is 8.86. The number of rotatable bonds is 3. The number of nitrogens with zero attached hydrogens (tertiary/aromatic N) is 1. The van der Waals surface area contributed by atoms with Crippen molar-refractivity contribution in [1.82, 2.24) is 4.98 Å². The normalized spacial score (nSPS) is 14.0. The number of carbonyl (C=O) groups excluding carboxylic acids is 2. The highest BCUT2D eigenvalue weighted by molar-refractivity contribution is 9.10. The molecule has 5 nitrogen and oxygen atoms in total. The highest BCUT2D eigenvalue weighted by atomic mass is 79.9. The zero-order valence-electron chi connectivity index (χ0n) is 13.9. The monoisotopic (exact) mass is 421 g/mol. The second-order valence-corrected chi connectivity index (χ2v) is 6.61. The Bertz CT molecular complexity index is 1080. The minimum atomic E-state index is -0.502. The number of halogens is 1. The van der Waals surface area contributed by atoms with Crippen LogP contribution in [0.4, 0.5) is 0 Å². The van der Waals surface area contributed by atoms with Crippen LogP contribution in [0.1, 0.15) is 26.3 Å². The van der Waals surface area contributed by atoms with E-state index in [1.54, 1.807) is 54.9 Å². The maximum atomic E-state index is 12.5. The topological polar surface area (TPSA) is 65.5 Å². The predicted octanol–water partition coefficient (Wildman–Crippen LogP) is 4.68. The number of Topliss-reactive ketones (excluding diaryl/α,β-unsaturated/α-hetero) is 1. The number of aromatic nitrogens is 1. The molecule has 6 heteroatoms. The smallest absolute Gasteiger partial charge is 0.344 e. The molecule has 0 N–H and O–H groups in total. The van der Waals surface area contributed by atoms with Crippen molar-refractivity contribution in [2.45, 2.75) is 0 Å². The summed E-state index contributed by atoms with van der Waals surface area (Å²) in [5, 5.41) is 0. The van der Waals surface area contributed by atoms with E-state index in [4.69, 9.17) is 9.47 Å². The molecule has 0 aliphatic carbocycles. The molecular formula is C21H12BrNO4. The summed E-state index contributed by atoms with van der Waals surface area (Å²) < 4.78 is 11.7. The number of pyridine rings is 1. The number of benzene rings is 2. The van der Waals surface area contributed by atoms with Crippen molar-refractivity contribution < 1.29 is 19.1 Å². The van der Waals surface area contributed by atoms with Crippen molar-refractivity contribution in [3.8, 4) is 11.5 Å². The van der Waals surface area contributed by atoms with Gasteiger partial charge in [0.25, 0.3) is 0 Å². The standard InChI is InChI=1S/C21H12BrNO4/c22-17-6-2-1-5-15(17)21(25)26-14-7-8-16-18(11-14)27-19(20(16)24)10-13-4-3-9-23-12-13/h1-12H. The van der Waals surface area contributed by atoms with Gasteiger partial charge in [-0.15, -0.1) is 0 Å². The zero-order valence-corrected chi connectivity index (χ0v) is 15.5. The summed E-state index contributed by atoms with van der Waals surface area (Å²) in [4.78, 5) is 28.8. The quantitative estimate of drug-likeness (QED) is 0.349. The maximum absolute atomic E-state index is 12.5. The lowest BCUT2D eigenvalue weighted by atomic mass is 10.1. The van der Waals surface area contributed by atoms with Gasteiger partial charge >= 0.3 is 5.97 Å². The number of hydrogen-bond donors (Lipinski definition) is 0. The summed E-state index contributed by atoms with van der Waals surface area (Å²) in [6.07, 6.45) is 4.92. The molecule has 4 rings (SSSR count). The van der Waals surface area contributed by atoms with E-state index in [0.29, 0.717) is 27.1 Å². The van der Waals surface area contributed by atoms with E-state index >= 15 is 0 Å². The Morgan fingerprint density at radius 2 is 1.96 bits per heavy atom. The van der Waals surface area contributed by atoms with Crippen molar-refractivity contribution in [1.29, 1.82) is 0 Å². The largest absolute Gasteiger partial charge is 0.452 e. The summed E-state index contributed by atoms with van der Waals surface area (Å²) >= 11 is 3.32. The van der Waals surface area contributed by atoms with Gasteiger partial charge in [0, 0.05) is 22.9 Å². The molecule has 0 amide bonds. The molecule has 1 aliphatic heterocycles. The first-order chi connectivity index (χ1) is 13.1. The number of carbonyl (C=O) groups is 2. The van der Waals surface area contributed by atoms with E-state index < -0.39 is 5.97 Å². The Morgan fingerprint density at radius 3 is 2.74 bits per heavy atom. The third-order valence-corrected chi connectivity index (χ3v) is 4.62. The highest BCUT2D eigenvalue weighted by Gasteiger charge is 2.28. The average molecular weight is 422 g/mol. The van der Waals surface area contributed by atoms with Gasteiger partial charge in [0.2, 0.25) is 5.78 Å². The molecule has 27 heavy (non-hydrogen) atoms. The summed E-state index contributed by atoms with van der Waals surface area (Å²) in [5.41, 5.74) is 1.59. The Hall–Kier alpha value is -3.25. The highest BCUT2D eigenvalue weighted by Crippen LogP contribution is 2.35. The SMILES string of the molecule is O=C(Oc1ccc2c(c1)OC(=Cc1cccnc1)C2=O)c1ccccc1Br. The van der Waals surface area contributed by atoms with Crippen LogP contribution in [0, 0.1) is 0 Å². The van der Waals surface area contributed by atoms with Crippen molar-refractivity contribution in [2.75, 3.05) is 0 Å². The number of hydrogen-bond acceptors (Lipinski definition) is 5. The molecule has 0 radical (unpaired) electrons. The van der Waals surface area contributed by atoms with Gasteiger partial charge in [0.05, 0.1) is 11.1 Å². The fourth-order valence-electron chi connectivity index (χ4n) is 2.63. The first kappa shape index (κ1) is 17.2. The Labute approximate surface area is 163 Å². The number of esters is 1. The van der Waals surface area contributed by atoms with Crippen LogP contribution in [-0.4, -0.2) is 16.7 Å². The van der Waals surface area contributed by atoms with Gasteiger partial charge in [-0.05, 0) is 57.9 Å². The van der Waals surface area contributed by atoms with Gasteiger partial charge in [-0.25, -0.2) is 4.79 Å². The average Bonchev–Trinajstić information content (AvgIpc) is 2.98. The molecule has 3 aromatic rings. The fraction of sp³-hybridized carbons (Fsp3) is 0. The molecule has 2 aromatic carbocycles. The van der Waals surface area contributed by atoms with Gasteiger partial charge in [-0.1, -0.05) is 18.2 Å². The molecule has 0 atom stereocenters. The molecular weight excluding hydrogens is 410 g/mol. The molecule has 2 heterocycles. The van der Waals surface area contributed by atoms with Crippen LogP contribution in [0.3, 0.4) is 0 Å². The Morgan fingerprint density at radius 1 is 1.11 bits per heavy atom. The van der Waals surface area contributed by atoms with Gasteiger partial charge in [0.15, 0.2) is 5.76 Å². The molecule has 0 unspecified atom stereocenters. The molecule has 0 saturated carbocycles. The Balaban J connectivity index is 1.57. The third kappa shape index (κ3) is 3.52. The van der Waals surface area contributed by atoms with Crippen LogP contribution >= 0.6 is 15.9 Å². The molecule has 132 valence electrons. The van der Waals surface area contributed by atoms with Gasteiger partial charge in [0.1, 0.15) is 11.5 Å². The van der Waals surface area contributed by atoms with Crippen molar-refractivity contribution >= 4 is 33.8 Å². The lowest BCUT2D eigenvalue weighted by molar-refractivity contribution is 0.0733. The molecule has 1 aromatic heterocycles. The Kier molecular flexibility index (Phi) is 4.56. The van der Waals surface area contributed by atoms with E-state index in [9.17, 15) is 9.59 Å². The van der Waals surface area contributed by atoms with Gasteiger partial charge in [-0.2, -0.15) is 0 Å². The molecule has 0 spiro atoms. The second-order valence-electron chi connectivity index (χ2n) is 5.75. The molecule has 0 saturated heterocycles. The summed E-state index contributed by atoms with van der Waals surface area (Å²) in [6.45, 7) is 0. The third-order valence-electron chi connectivity index (χ3n) is 3.93. The molecule has 0 fully saturated rings. The minimum absolute atomic E-state index is 0.201. The van der Waals surface area contributed by atoms with Gasteiger partial charge < -0.3 is 9.47 Å². The zero-order chi connectivity index (χ0) is 18.8. The number of ether oxygens (including phenoxy) is 2. The second kappa shape index (κ2) is 7.17. The maximum Gasteiger partial charge on any atom is 0.344 e. The van der Waals surface area contributed by atoms with Crippen LogP contribution in [0.25, 0.3) is 6.08 Å². The van der Waals surface area contributed by atoms with E-state index in [-0.39, 0.29) is 11.5 Å². The van der Waals surface area contributed by atoms with E-state index in [0.717, 1.165) is 5.56 Å². The predicted molar refractivity (Wildman–Crippen MR) is 103 cm³/mol. The molecule has 0 bridgehead atoms. The lowest BCUT2D eigenvalue weighted by Gasteiger charge is -2.06. The van der Waals surface area contributed by atoms with Crippen LogP contribution < -0.4 is 9.47 Å². The first-order valence-electron chi connectivity index (χ1n) is 8.07. The summed E-state index contributed by atoms with van der Waals surface area (Å²) in [6, 6.07) is 15.3. The number of ketones is 1. The van der Waals surface area contributed by atoms with E-state index in [1.165, 1.54) is 6.07 Å². The summed E-state index contributed by atoms with van der Waals surface area (Å²) in [5.74, 6) is 0.125. The minimum Gasteiger partial charge on any atom is -0.452 e. The van der Waals surface area contributed by atoms with Crippen molar-refractivity contribution in [2.24, 2.45) is 0 Å². The number of allylic oxidation sites excluding steroid dienone is 1. The summed E-state index contributed by atoms with van der Waals surface area (Å²) in [7, 11) is 0. The van der Waals surface area contributed by atoms with Crippen LogP contribution in [0.15, 0.2) is 77.2 Å². The van der Waals surface area contributed by atoms with Gasteiger partial charge in [-0.3, -0.25) is 9.78 Å². The van der Waals surface area contributed by atoms with E-state index in [1.807, 2.05) is 12.1 Å². The molecule has 1 aliphatic rings. The van der Waals surface area contributed by atoms with Crippen LogP contribution in [0.5, 0.6) is 11.5 Å². The van der Waals surface area contributed by atoms with Crippen LogP contribution in [0.2, 0.25) is 0 Å². The van der Waals surface area contributed by atoms with Crippen molar-refractivity contribution in [3.63, 3.8) is 0 Å². The lowest BCUT2D eigenvalue weighted by Crippen LogP contribution is -2.09. The number of fused-ring (bicyclic) bond motifs is 1. The van der Waals surface area contributed by atoms with E-state index in [2.05, 4.69) is 20.9 Å². The van der Waals surface area contributed by atoms with Crippen LogP contribution in [-0.2, 0) is 0 Å². The van der Waals surface area contributed by atoms with Crippen molar-refractivity contribution in [3.05, 3.63) is 93.9 Å². The fourth-order valence-corrected chi connectivity index (χ4v) is 3.08.